The molecule has 20 heavy (non-hydrogen) atoms. The maximum atomic E-state index is 12.0. The summed E-state index contributed by atoms with van der Waals surface area (Å²) in [7, 11) is 0. The topological polar surface area (TPSA) is 52.6 Å². The van der Waals surface area contributed by atoms with E-state index >= 15 is 0 Å². The van der Waals surface area contributed by atoms with Gasteiger partial charge in [0, 0.05) is 19.6 Å². The Bertz CT molecular complexity index is 325. The minimum atomic E-state index is -0.613. The zero-order valence-corrected chi connectivity index (χ0v) is 13.1. The molecule has 2 N–H and O–H groups in total. The minimum absolute atomic E-state index is 0.185. The highest BCUT2D eigenvalue weighted by Gasteiger charge is 2.36. The molecule has 1 amide bonds. The molecule has 1 saturated heterocycles. The predicted molar refractivity (Wildman–Crippen MR) is 80.5 cm³/mol. The third kappa shape index (κ3) is 4.45. The normalized spacial score (nSPS) is 25.4. The summed E-state index contributed by atoms with van der Waals surface area (Å²) >= 11 is 0. The monoisotopic (exact) mass is 282 g/mol. The molecular formula is C16H30N2O2. The molecule has 0 aromatic heterocycles. The highest BCUT2D eigenvalue weighted by molar-refractivity contribution is 5.78. The van der Waals surface area contributed by atoms with Crippen LogP contribution in [0.2, 0.25) is 0 Å². The molecule has 0 unspecified atom stereocenters. The van der Waals surface area contributed by atoms with E-state index in [0.29, 0.717) is 18.5 Å². The summed E-state index contributed by atoms with van der Waals surface area (Å²) in [5.41, 5.74) is -0.256. The number of likely N-dealkylation sites (tertiary alicyclic amines) is 1. The predicted octanol–water partition coefficient (Wildman–Crippen LogP) is 1.92. The first-order valence-electron chi connectivity index (χ1n) is 8.11. The fraction of sp³-hybridized carbons (Fsp3) is 0.938. The van der Waals surface area contributed by atoms with Gasteiger partial charge in [-0.05, 0) is 50.4 Å². The molecule has 0 aromatic carbocycles. The lowest BCUT2D eigenvalue weighted by molar-refractivity contribution is -0.131. The molecule has 0 atom stereocenters. The van der Waals surface area contributed by atoms with Crippen LogP contribution in [0.4, 0.5) is 0 Å². The fourth-order valence-corrected chi connectivity index (χ4v) is 3.23. The average Bonchev–Trinajstić information content (AvgIpc) is 2.44. The summed E-state index contributed by atoms with van der Waals surface area (Å²) in [5, 5.41) is 13.7. The van der Waals surface area contributed by atoms with E-state index in [1.165, 1.54) is 6.42 Å². The summed E-state index contributed by atoms with van der Waals surface area (Å²) in [6.45, 7) is 7.24. The Hall–Kier alpha value is -0.610. The van der Waals surface area contributed by atoms with Crippen LogP contribution in [0.3, 0.4) is 0 Å². The Morgan fingerprint density at radius 3 is 2.30 bits per heavy atom. The zero-order valence-electron chi connectivity index (χ0n) is 13.1. The largest absolute Gasteiger partial charge is 0.389 e. The van der Waals surface area contributed by atoms with Crippen LogP contribution in [0.25, 0.3) is 0 Å². The lowest BCUT2D eigenvalue weighted by atomic mass is 9.71. The van der Waals surface area contributed by atoms with Crippen LogP contribution in [0.1, 0.15) is 58.8 Å². The molecule has 0 spiro atoms. The number of hydrogen-bond acceptors (Lipinski definition) is 3. The van der Waals surface area contributed by atoms with Crippen molar-refractivity contribution < 1.29 is 9.90 Å². The van der Waals surface area contributed by atoms with E-state index in [9.17, 15) is 9.90 Å². The first-order chi connectivity index (χ1) is 9.40. The number of amides is 1. The van der Waals surface area contributed by atoms with Gasteiger partial charge in [-0.3, -0.25) is 4.79 Å². The van der Waals surface area contributed by atoms with Gasteiger partial charge in [0.25, 0.3) is 0 Å². The Morgan fingerprint density at radius 2 is 1.70 bits per heavy atom. The number of aliphatic hydroxyl groups is 1. The van der Waals surface area contributed by atoms with Crippen LogP contribution < -0.4 is 5.32 Å². The van der Waals surface area contributed by atoms with Gasteiger partial charge in [-0.25, -0.2) is 0 Å². The lowest BCUT2D eigenvalue weighted by Gasteiger charge is -2.40. The summed E-state index contributed by atoms with van der Waals surface area (Å²) in [6, 6.07) is 0. The number of carbonyl (C=O) groups excluding carboxylic acids is 1. The van der Waals surface area contributed by atoms with Crippen molar-refractivity contribution >= 4 is 5.91 Å². The highest BCUT2D eigenvalue weighted by atomic mass is 16.3. The van der Waals surface area contributed by atoms with E-state index < -0.39 is 5.60 Å². The van der Waals surface area contributed by atoms with Gasteiger partial charge in [0.05, 0.1) is 12.1 Å². The van der Waals surface area contributed by atoms with Gasteiger partial charge in [-0.15, -0.1) is 0 Å². The van der Waals surface area contributed by atoms with Crippen molar-refractivity contribution in [3.8, 4) is 0 Å². The van der Waals surface area contributed by atoms with Crippen molar-refractivity contribution in [2.45, 2.75) is 64.4 Å². The molecule has 1 aliphatic carbocycles. The van der Waals surface area contributed by atoms with E-state index in [0.717, 1.165) is 51.6 Å². The van der Waals surface area contributed by atoms with Gasteiger partial charge >= 0.3 is 0 Å². The first-order valence-corrected chi connectivity index (χ1v) is 8.11. The average molecular weight is 282 g/mol. The van der Waals surface area contributed by atoms with Crippen molar-refractivity contribution in [2.75, 3.05) is 26.2 Å². The van der Waals surface area contributed by atoms with Gasteiger partial charge < -0.3 is 15.3 Å². The Kier molecular flexibility index (Phi) is 5.08. The van der Waals surface area contributed by atoms with Crippen molar-refractivity contribution in [2.24, 2.45) is 5.41 Å². The molecule has 0 radical (unpaired) electrons. The van der Waals surface area contributed by atoms with Crippen LogP contribution in [-0.2, 0) is 4.79 Å². The number of hydrogen-bond donors (Lipinski definition) is 2. The van der Waals surface area contributed by atoms with E-state index in [1.807, 2.05) is 4.90 Å². The van der Waals surface area contributed by atoms with Gasteiger partial charge in [0.2, 0.25) is 5.91 Å². The number of piperidine rings is 1. The van der Waals surface area contributed by atoms with Crippen molar-refractivity contribution in [1.82, 2.24) is 10.2 Å². The number of nitrogens with zero attached hydrogens (tertiary/aromatic N) is 1. The molecule has 2 fully saturated rings. The van der Waals surface area contributed by atoms with Crippen LogP contribution in [0.15, 0.2) is 0 Å². The second-order valence-electron chi connectivity index (χ2n) is 7.43. The molecule has 4 nitrogen and oxygen atoms in total. The summed E-state index contributed by atoms with van der Waals surface area (Å²) in [6.07, 6.45) is 7.30. The molecule has 1 saturated carbocycles. The van der Waals surface area contributed by atoms with Crippen LogP contribution in [0, 0.1) is 5.41 Å². The Morgan fingerprint density at radius 1 is 1.10 bits per heavy atom. The van der Waals surface area contributed by atoms with Gasteiger partial charge in [-0.2, -0.15) is 0 Å². The smallest absolute Gasteiger partial charge is 0.236 e. The molecule has 1 aliphatic heterocycles. The molecule has 2 rings (SSSR count). The quantitative estimate of drug-likeness (QED) is 0.828. The summed E-state index contributed by atoms with van der Waals surface area (Å²) < 4.78 is 0. The minimum Gasteiger partial charge on any atom is -0.389 e. The number of carbonyl (C=O) groups is 1. The second-order valence-corrected chi connectivity index (χ2v) is 7.43. The standard InChI is InChI=1S/C16H30N2O2/c1-15(2)6-8-16(20,9-7-15)13-17-12-14(19)18-10-4-3-5-11-18/h17,20H,3-13H2,1-2H3. The third-order valence-electron chi connectivity index (χ3n) is 4.97. The van der Waals surface area contributed by atoms with Crippen LogP contribution >= 0.6 is 0 Å². The molecule has 2 aliphatic rings. The Balaban J connectivity index is 1.68. The SMILES string of the molecule is CC1(C)CCC(O)(CNCC(=O)N2CCCCC2)CC1. The van der Waals surface area contributed by atoms with Gasteiger partial charge in [0.1, 0.15) is 0 Å². The van der Waals surface area contributed by atoms with E-state index in [-0.39, 0.29) is 5.91 Å². The number of nitrogens with one attached hydrogen (secondary N) is 1. The molecular weight excluding hydrogens is 252 g/mol. The second kappa shape index (κ2) is 6.44. The van der Waals surface area contributed by atoms with E-state index in [2.05, 4.69) is 19.2 Å². The summed E-state index contributed by atoms with van der Waals surface area (Å²) in [4.78, 5) is 14.0. The van der Waals surface area contributed by atoms with Gasteiger partial charge in [-0.1, -0.05) is 13.8 Å². The molecule has 1 heterocycles. The van der Waals surface area contributed by atoms with Crippen LogP contribution in [0.5, 0.6) is 0 Å². The van der Waals surface area contributed by atoms with E-state index in [4.69, 9.17) is 0 Å². The molecule has 116 valence electrons. The van der Waals surface area contributed by atoms with Crippen molar-refractivity contribution in [3.05, 3.63) is 0 Å². The molecule has 0 bridgehead atoms. The maximum Gasteiger partial charge on any atom is 0.236 e. The molecule has 4 heteroatoms. The fourth-order valence-electron chi connectivity index (χ4n) is 3.23. The summed E-state index contributed by atoms with van der Waals surface area (Å²) in [5.74, 6) is 0.185. The van der Waals surface area contributed by atoms with Crippen molar-refractivity contribution in [1.29, 1.82) is 0 Å². The zero-order chi connectivity index (χ0) is 14.6. The van der Waals surface area contributed by atoms with E-state index in [1.54, 1.807) is 0 Å². The number of rotatable bonds is 4. The van der Waals surface area contributed by atoms with Crippen LogP contribution in [-0.4, -0.2) is 47.7 Å². The van der Waals surface area contributed by atoms with Crippen molar-refractivity contribution in [3.63, 3.8) is 0 Å². The lowest BCUT2D eigenvalue weighted by Crippen LogP contribution is -2.48. The first kappa shape index (κ1) is 15.8. The third-order valence-corrected chi connectivity index (χ3v) is 4.97. The maximum absolute atomic E-state index is 12.0. The van der Waals surface area contributed by atoms with Gasteiger partial charge in [0.15, 0.2) is 0 Å². The Labute approximate surface area is 122 Å². The molecule has 0 aromatic rings. The highest BCUT2D eigenvalue weighted by Crippen LogP contribution is 2.39.